The van der Waals surface area contributed by atoms with E-state index >= 15 is 0 Å². The first kappa shape index (κ1) is 18.3. The van der Waals surface area contributed by atoms with Gasteiger partial charge in [0.15, 0.2) is 0 Å². The summed E-state index contributed by atoms with van der Waals surface area (Å²) >= 11 is 5.82. The molecule has 26 heavy (non-hydrogen) atoms. The number of carbonyl (C=O) groups is 1. The van der Waals surface area contributed by atoms with Crippen LogP contribution in [0.25, 0.3) is 11.4 Å². The molecule has 0 saturated carbocycles. The normalized spacial score (nSPS) is 17.8. The lowest BCUT2D eigenvalue weighted by Gasteiger charge is -2.32. The van der Waals surface area contributed by atoms with Crippen LogP contribution in [0.5, 0.6) is 5.75 Å². The van der Waals surface area contributed by atoms with Crippen molar-refractivity contribution >= 4 is 23.3 Å². The van der Waals surface area contributed by atoms with Gasteiger partial charge >= 0.3 is 0 Å². The summed E-state index contributed by atoms with van der Waals surface area (Å²) in [6.45, 7) is 3.74. The van der Waals surface area contributed by atoms with Crippen molar-refractivity contribution in [1.82, 2.24) is 20.1 Å². The number of anilines is 1. The van der Waals surface area contributed by atoms with E-state index in [1.165, 1.54) is 12.3 Å². The number of primary amides is 1. The SMILES string of the molecule is Cc1cc(NC2CCCN(CC(N)=O)C2)nnc1-c1ncc(Cl)cc1O. The maximum atomic E-state index is 11.1. The molecule has 1 aliphatic heterocycles. The number of hydrogen-bond acceptors (Lipinski definition) is 7. The zero-order valence-corrected chi connectivity index (χ0v) is 15.2. The Morgan fingerprint density at radius 3 is 2.92 bits per heavy atom. The van der Waals surface area contributed by atoms with Gasteiger partial charge in [0.2, 0.25) is 5.91 Å². The molecule has 8 nitrogen and oxygen atoms in total. The molecule has 3 rings (SSSR count). The maximum absolute atomic E-state index is 11.1. The zero-order valence-electron chi connectivity index (χ0n) is 14.4. The third kappa shape index (κ3) is 4.39. The van der Waals surface area contributed by atoms with Gasteiger partial charge in [-0.3, -0.25) is 9.69 Å². The van der Waals surface area contributed by atoms with E-state index in [1.807, 2.05) is 17.9 Å². The Morgan fingerprint density at radius 2 is 2.23 bits per heavy atom. The number of piperidine rings is 1. The molecule has 0 aliphatic carbocycles. The van der Waals surface area contributed by atoms with Crippen LogP contribution in [0.4, 0.5) is 5.82 Å². The number of nitrogens with one attached hydrogen (secondary N) is 1. The first-order valence-electron chi connectivity index (χ1n) is 8.39. The Bertz CT molecular complexity index is 816. The van der Waals surface area contributed by atoms with Crippen LogP contribution in [0.15, 0.2) is 18.3 Å². The van der Waals surface area contributed by atoms with Crippen LogP contribution in [0.1, 0.15) is 18.4 Å². The predicted octanol–water partition coefficient (Wildman–Crippen LogP) is 1.57. The fourth-order valence-corrected chi connectivity index (χ4v) is 3.30. The summed E-state index contributed by atoms with van der Waals surface area (Å²) < 4.78 is 0. The Labute approximate surface area is 156 Å². The van der Waals surface area contributed by atoms with E-state index < -0.39 is 0 Å². The van der Waals surface area contributed by atoms with Gasteiger partial charge < -0.3 is 16.2 Å². The van der Waals surface area contributed by atoms with Crippen molar-refractivity contribution in [3.63, 3.8) is 0 Å². The van der Waals surface area contributed by atoms with E-state index in [0.717, 1.165) is 31.5 Å². The maximum Gasteiger partial charge on any atom is 0.231 e. The topological polar surface area (TPSA) is 117 Å². The molecular weight excluding hydrogens is 356 g/mol. The number of nitrogens with zero attached hydrogens (tertiary/aromatic N) is 4. The third-order valence-electron chi connectivity index (χ3n) is 4.28. The van der Waals surface area contributed by atoms with E-state index in [4.69, 9.17) is 17.3 Å². The Kier molecular flexibility index (Phi) is 5.53. The summed E-state index contributed by atoms with van der Waals surface area (Å²) in [6, 6.07) is 3.46. The second kappa shape index (κ2) is 7.84. The monoisotopic (exact) mass is 376 g/mol. The number of aryl methyl sites for hydroxylation is 1. The van der Waals surface area contributed by atoms with Crippen LogP contribution in [0.2, 0.25) is 5.02 Å². The standard InChI is InChI=1S/C17H21ClN6O2/c1-10-5-15(21-12-3-2-4-24(8-12)9-14(19)26)22-23-16(10)17-13(25)6-11(18)7-20-17/h5-7,12,25H,2-4,8-9H2,1H3,(H2,19,26)(H,21,22). The van der Waals surface area contributed by atoms with Gasteiger partial charge in [-0.2, -0.15) is 0 Å². The molecule has 1 unspecified atom stereocenters. The van der Waals surface area contributed by atoms with Crippen molar-refractivity contribution in [2.24, 2.45) is 5.73 Å². The summed E-state index contributed by atoms with van der Waals surface area (Å²) in [6.07, 6.45) is 3.43. The van der Waals surface area contributed by atoms with Crippen molar-refractivity contribution in [3.05, 3.63) is 28.9 Å². The Hall–Kier alpha value is -2.45. The number of aromatic hydroxyl groups is 1. The molecule has 1 saturated heterocycles. The number of hydrogen-bond donors (Lipinski definition) is 3. The highest BCUT2D eigenvalue weighted by molar-refractivity contribution is 6.30. The van der Waals surface area contributed by atoms with E-state index in [2.05, 4.69) is 20.5 Å². The molecule has 1 fully saturated rings. The van der Waals surface area contributed by atoms with E-state index in [-0.39, 0.29) is 24.2 Å². The van der Waals surface area contributed by atoms with Gasteiger partial charge in [0.25, 0.3) is 0 Å². The summed E-state index contributed by atoms with van der Waals surface area (Å²) in [4.78, 5) is 17.3. The van der Waals surface area contributed by atoms with Gasteiger partial charge in [0.05, 0.1) is 11.6 Å². The molecule has 0 aromatic carbocycles. The van der Waals surface area contributed by atoms with Crippen LogP contribution in [-0.2, 0) is 4.79 Å². The van der Waals surface area contributed by atoms with Crippen molar-refractivity contribution in [2.45, 2.75) is 25.8 Å². The fraction of sp³-hybridized carbons (Fsp3) is 0.412. The molecule has 0 radical (unpaired) electrons. The highest BCUT2D eigenvalue weighted by Gasteiger charge is 2.21. The average Bonchev–Trinajstić information content (AvgIpc) is 2.56. The summed E-state index contributed by atoms with van der Waals surface area (Å²) in [5.74, 6) is 0.288. The smallest absolute Gasteiger partial charge is 0.231 e. The quantitative estimate of drug-likeness (QED) is 0.724. The zero-order chi connectivity index (χ0) is 18.7. The van der Waals surface area contributed by atoms with Crippen molar-refractivity contribution in [1.29, 1.82) is 0 Å². The number of carbonyl (C=O) groups excluding carboxylic acids is 1. The number of halogens is 1. The van der Waals surface area contributed by atoms with Gasteiger partial charge in [-0.15, -0.1) is 10.2 Å². The largest absolute Gasteiger partial charge is 0.506 e. The molecule has 1 atom stereocenters. The molecule has 3 heterocycles. The molecule has 9 heteroatoms. The number of amides is 1. The van der Waals surface area contributed by atoms with Crippen molar-refractivity contribution < 1.29 is 9.90 Å². The molecule has 2 aromatic heterocycles. The summed E-state index contributed by atoms with van der Waals surface area (Å²) in [5, 5.41) is 22.1. The molecule has 2 aromatic rings. The number of aromatic nitrogens is 3. The summed E-state index contributed by atoms with van der Waals surface area (Å²) in [5.41, 5.74) is 6.95. The molecular formula is C17H21ClN6O2. The van der Waals surface area contributed by atoms with E-state index in [1.54, 1.807) is 0 Å². The predicted molar refractivity (Wildman–Crippen MR) is 99.0 cm³/mol. The molecule has 0 spiro atoms. The lowest BCUT2D eigenvalue weighted by atomic mass is 10.1. The minimum atomic E-state index is -0.319. The third-order valence-corrected chi connectivity index (χ3v) is 4.49. The average molecular weight is 377 g/mol. The highest BCUT2D eigenvalue weighted by atomic mass is 35.5. The second-order valence-corrected chi connectivity index (χ2v) is 6.90. The molecule has 4 N–H and O–H groups in total. The van der Waals surface area contributed by atoms with Crippen LogP contribution in [0.3, 0.4) is 0 Å². The van der Waals surface area contributed by atoms with Crippen molar-refractivity contribution in [3.8, 4) is 17.1 Å². The lowest BCUT2D eigenvalue weighted by molar-refractivity contribution is -0.119. The van der Waals surface area contributed by atoms with E-state index in [9.17, 15) is 9.90 Å². The molecule has 138 valence electrons. The van der Waals surface area contributed by atoms with Crippen LogP contribution in [-0.4, -0.2) is 56.8 Å². The van der Waals surface area contributed by atoms with Crippen molar-refractivity contribution in [2.75, 3.05) is 25.0 Å². The second-order valence-electron chi connectivity index (χ2n) is 6.47. The van der Waals surface area contributed by atoms with Crippen LogP contribution >= 0.6 is 11.6 Å². The Morgan fingerprint density at radius 1 is 1.42 bits per heavy atom. The van der Waals surface area contributed by atoms with Gasteiger partial charge in [0, 0.05) is 24.8 Å². The van der Waals surface area contributed by atoms with E-state index in [0.29, 0.717) is 22.2 Å². The highest BCUT2D eigenvalue weighted by Crippen LogP contribution is 2.30. The first-order valence-corrected chi connectivity index (χ1v) is 8.76. The van der Waals surface area contributed by atoms with Gasteiger partial charge in [-0.05, 0) is 37.9 Å². The Balaban J connectivity index is 1.72. The number of pyridine rings is 1. The summed E-state index contributed by atoms with van der Waals surface area (Å²) in [7, 11) is 0. The number of rotatable bonds is 5. The first-order chi connectivity index (χ1) is 12.4. The van der Waals surface area contributed by atoms with Gasteiger partial charge in [-0.1, -0.05) is 11.6 Å². The van der Waals surface area contributed by atoms with Crippen LogP contribution < -0.4 is 11.1 Å². The van der Waals surface area contributed by atoms with Crippen LogP contribution in [0, 0.1) is 6.92 Å². The molecule has 1 amide bonds. The minimum absolute atomic E-state index is 0.0371. The minimum Gasteiger partial charge on any atom is -0.506 e. The molecule has 0 bridgehead atoms. The molecule has 1 aliphatic rings. The number of likely N-dealkylation sites (tertiary alicyclic amines) is 1. The van der Waals surface area contributed by atoms with Gasteiger partial charge in [0.1, 0.15) is 23.0 Å². The fourth-order valence-electron chi connectivity index (χ4n) is 3.15. The van der Waals surface area contributed by atoms with Gasteiger partial charge in [-0.25, -0.2) is 4.98 Å². The lowest BCUT2D eigenvalue weighted by Crippen LogP contribution is -2.45. The number of nitrogens with two attached hydrogens (primary N) is 1.